The van der Waals surface area contributed by atoms with Gasteiger partial charge in [-0.2, -0.15) is 0 Å². The molecule has 0 aliphatic heterocycles. The van der Waals surface area contributed by atoms with Crippen LogP contribution in [0.2, 0.25) is 0 Å². The number of hydrogen-bond donors (Lipinski definition) is 1. The smallest absolute Gasteiger partial charge is 0.264 e. The predicted molar refractivity (Wildman–Crippen MR) is 178 cm³/mol. The van der Waals surface area contributed by atoms with E-state index in [1.165, 1.54) is 30.2 Å². The third-order valence-corrected chi connectivity index (χ3v) is 9.39. The van der Waals surface area contributed by atoms with Gasteiger partial charge < -0.3 is 15.0 Å². The average Bonchev–Trinajstić information content (AvgIpc) is 3.06. The number of benzene rings is 4. The molecule has 4 rings (SSSR count). The lowest BCUT2D eigenvalue weighted by Gasteiger charge is -2.34. The average molecular weight is 646 g/mol. The van der Waals surface area contributed by atoms with Crippen LogP contribution in [0.25, 0.3) is 0 Å². The SMILES string of the molecule is CCCCNC(=O)[C@@H](Cc1ccccc1)N(Cc1ccccc1F)C(=O)CN(c1cc(C)ccc1OC)S(=O)(=O)c1ccccc1. The summed E-state index contributed by atoms with van der Waals surface area (Å²) in [5.41, 5.74) is 1.90. The van der Waals surface area contributed by atoms with Crippen LogP contribution < -0.4 is 14.4 Å². The number of unbranched alkanes of at least 4 members (excludes halogenated alkanes) is 1. The van der Waals surface area contributed by atoms with Gasteiger partial charge in [0.25, 0.3) is 10.0 Å². The number of nitrogens with one attached hydrogen (secondary N) is 1. The molecule has 242 valence electrons. The van der Waals surface area contributed by atoms with E-state index in [1.54, 1.807) is 61.5 Å². The molecule has 0 bridgehead atoms. The first kappa shape index (κ1) is 34.2. The van der Waals surface area contributed by atoms with E-state index in [-0.39, 0.29) is 34.9 Å². The third kappa shape index (κ3) is 8.51. The molecule has 0 saturated carbocycles. The van der Waals surface area contributed by atoms with Crippen LogP contribution in [0.5, 0.6) is 5.75 Å². The Labute approximate surface area is 270 Å². The highest BCUT2D eigenvalue weighted by Crippen LogP contribution is 2.34. The van der Waals surface area contributed by atoms with Crippen LogP contribution in [0.15, 0.2) is 108 Å². The van der Waals surface area contributed by atoms with Crippen LogP contribution in [0.1, 0.15) is 36.5 Å². The van der Waals surface area contributed by atoms with Gasteiger partial charge in [0.05, 0.1) is 17.7 Å². The second kappa shape index (κ2) is 16.0. The second-order valence-corrected chi connectivity index (χ2v) is 12.8. The lowest BCUT2D eigenvalue weighted by atomic mass is 10.0. The summed E-state index contributed by atoms with van der Waals surface area (Å²) >= 11 is 0. The number of ether oxygens (including phenoxy) is 1. The van der Waals surface area contributed by atoms with Crippen molar-refractivity contribution in [3.05, 3.63) is 126 Å². The molecule has 0 aliphatic carbocycles. The van der Waals surface area contributed by atoms with Crippen LogP contribution in [-0.4, -0.2) is 51.4 Å². The summed E-state index contributed by atoms with van der Waals surface area (Å²) in [5.74, 6) is -1.39. The van der Waals surface area contributed by atoms with Crippen molar-refractivity contribution in [2.45, 2.75) is 50.6 Å². The maximum absolute atomic E-state index is 15.1. The molecule has 0 aliphatic rings. The summed E-state index contributed by atoms with van der Waals surface area (Å²) in [6, 6.07) is 27.0. The van der Waals surface area contributed by atoms with Crippen molar-refractivity contribution in [1.82, 2.24) is 10.2 Å². The first-order valence-corrected chi connectivity index (χ1v) is 16.7. The van der Waals surface area contributed by atoms with E-state index in [4.69, 9.17) is 4.74 Å². The molecule has 0 spiro atoms. The van der Waals surface area contributed by atoms with Crippen molar-refractivity contribution in [3.8, 4) is 5.75 Å². The number of sulfonamides is 1. The largest absolute Gasteiger partial charge is 0.495 e. The maximum Gasteiger partial charge on any atom is 0.264 e. The zero-order valence-electron chi connectivity index (χ0n) is 26.4. The quantitative estimate of drug-likeness (QED) is 0.163. The summed E-state index contributed by atoms with van der Waals surface area (Å²) in [6.45, 7) is 3.28. The molecule has 1 N–H and O–H groups in total. The third-order valence-electron chi connectivity index (χ3n) is 7.61. The van der Waals surface area contributed by atoms with Crippen LogP contribution in [-0.2, 0) is 32.6 Å². The number of hydrogen-bond acceptors (Lipinski definition) is 5. The normalized spacial score (nSPS) is 11.8. The maximum atomic E-state index is 15.1. The lowest BCUT2D eigenvalue weighted by molar-refractivity contribution is -0.140. The highest BCUT2D eigenvalue weighted by Gasteiger charge is 2.35. The van der Waals surface area contributed by atoms with Crippen LogP contribution >= 0.6 is 0 Å². The molecule has 0 unspecified atom stereocenters. The topological polar surface area (TPSA) is 96.0 Å². The number of nitrogens with zero attached hydrogens (tertiary/aromatic N) is 2. The molecule has 4 aromatic carbocycles. The van der Waals surface area contributed by atoms with Gasteiger partial charge in [-0.3, -0.25) is 13.9 Å². The summed E-state index contributed by atoms with van der Waals surface area (Å²) < 4.78 is 50.0. The minimum Gasteiger partial charge on any atom is -0.495 e. The van der Waals surface area contributed by atoms with Gasteiger partial charge in [-0.25, -0.2) is 12.8 Å². The number of amides is 2. The van der Waals surface area contributed by atoms with E-state index in [0.717, 1.165) is 28.3 Å². The molecule has 0 aromatic heterocycles. The number of halogens is 1. The minimum absolute atomic E-state index is 0.0230. The fraction of sp³-hybridized carbons (Fsp3) is 0.278. The van der Waals surface area contributed by atoms with Crippen LogP contribution in [0.3, 0.4) is 0 Å². The number of aryl methyl sites for hydroxylation is 1. The standard InChI is InChI=1S/C36H40FN3O5S/c1-4-5-22-38-36(42)33(24-28-14-8-6-9-15-28)39(25-29-16-12-13-19-31(29)37)35(41)26-40(32-23-27(2)20-21-34(32)45-3)46(43,44)30-17-10-7-11-18-30/h6-21,23,33H,4-5,22,24-26H2,1-3H3,(H,38,42)/t33-/m1/s1. The molecular weight excluding hydrogens is 605 g/mol. The monoisotopic (exact) mass is 645 g/mol. The highest BCUT2D eigenvalue weighted by atomic mass is 32.2. The van der Waals surface area contributed by atoms with Crippen molar-refractivity contribution < 1.29 is 27.1 Å². The molecular formula is C36H40FN3O5S. The van der Waals surface area contributed by atoms with Crippen molar-refractivity contribution in [2.24, 2.45) is 0 Å². The number of methoxy groups -OCH3 is 1. The molecule has 8 nitrogen and oxygen atoms in total. The van der Waals surface area contributed by atoms with Gasteiger partial charge in [-0.1, -0.05) is 86.1 Å². The van der Waals surface area contributed by atoms with Crippen molar-refractivity contribution in [1.29, 1.82) is 0 Å². The zero-order valence-corrected chi connectivity index (χ0v) is 27.2. The van der Waals surface area contributed by atoms with E-state index in [1.807, 2.05) is 37.3 Å². The Hall–Kier alpha value is -4.70. The van der Waals surface area contributed by atoms with Gasteiger partial charge in [0.2, 0.25) is 11.8 Å². The van der Waals surface area contributed by atoms with Gasteiger partial charge in [-0.15, -0.1) is 0 Å². The zero-order chi connectivity index (χ0) is 33.1. The molecule has 0 saturated heterocycles. The van der Waals surface area contributed by atoms with E-state index in [9.17, 15) is 18.0 Å². The van der Waals surface area contributed by atoms with E-state index in [0.29, 0.717) is 6.54 Å². The second-order valence-electron chi connectivity index (χ2n) is 11.0. The molecule has 1 atom stereocenters. The van der Waals surface area contributed by atoms with Crippen LogP contribution in [0, 0.1) is 12.7 Å². The Bertz CT molecular complexity index is 1720. The number of rotatable bonds is 15. The lowest BCUT2D eigenvalue weighted by Crippen LogP contribution is -2.53. The Balaban J connectivity index is 1.84. The minimum atomic E-state index is -4.30. The summed E-state index contributed by atoms with van der Waals surface area (Å²) in [6.07, 6.45) is 1.73. The molecule has 0 radical (unpaired) electrons. The summed E-state index contributed by atoms with van der Waals surface area (Å²) in [4.78, 5) is 29.6. The van der Waals surface area contributed by atoms with Gasteiger partial charge in [0.1, 0.15) is 24.2 Å². The fourth-order valence-electron chi connectivity index (χ4n) is 5.10. The van der Waals surface area contributed by atoms with Gasteiger partial charge in [0.15, 0.2) is 0 Å². The first-order valence-electron chi connectivity index (χ1n) is 15.2. The molecule has 46 heavy (non-hydrogen) atoms. The molecule has 10 heteroatoms. The van der Waals surface area contributed by atoms with Gasteiger partial charge >= 0.3 is 0 Å². The van der Waals surface area contributed by atoms with Crippen LogP contribution in [0.4, 0.5) is 10.1 Å². The van der Waals surface area contributed by atoms with E-state index >= 15 is 4.39 Å². The molecule has 2 amide bonds. The first-order chi connectivity index (χ1) is 22.1. The Kier molecular flexibility index (Phi) is 11.9. The highest BCUT2D eigenvalue weighted by molar-refractivity contribution is 7.92. The van der Waals surface area contributed by atoms with Crippen molar-refractivity contribution in [2.75, 3.05) is 24.5 Å². The summed E-state index contributed by atoms with van der Waals surface area (Å²) in [7, 11) is -2.88. The predicted octanol–water partition coefficient (Wildman–Crippen LogP) is 5.89. The molecule has 0 heterocycles. The number of carbonyl (C=O) groups excluding carboxylic acids is 2. The molecule has 4 aromatic rings. The van der Waals surface area contributed by atoms with Gasteiger partial charge in [-0.05, 0) is 54.8 Å². The van der Waals surface area contributed by atoms with E-state index in [2.05, 4.69) is 5.32 Å². The molecule has 0 fully saturated rings. The summed E-state index contributed by atoms with van der Waals surface area (Å²) in [5, 5.41) is 2.93. The Morgan fingerprint density at radius 3 is 2.22 bits per heavy atom. The fourth-order valence-corrected chi connectivity index (χ4v) is 6.54. The van der Waals surface area contributed by atoms with Gasteiger partial charge in [0, 0.05) is 25.1 Å². The van der Waals surface area contributed by atoms with Crippen molar-refractivity contribution >= 4 is 27.5 Å². The Morgan fingerprint density at radius 1 is 0.913 bits per heavy atom. The number of anilines is 1. The van der Waals surface area contributed by atoms with E-state index < -0.39 is 40.2 Å². The van der Waals surface area contributed by atoms with Crippen molar-refractivity contribution in [3.63, 3.8) is 0 Å². The Morgan fingerprint density at radius 2 is 1.57 bits per heavy atom. The number of carbonyl (C=O) groups is 2.